The number of carbonyl (C=O) groups excluding carboxylic acids is 1. The van der Waals surface area contributed by atoms with E-state index in [0.717, 1.165) is 16.9 Å². The van der Waals surface area contributed by atoms with E-state index in [4.69, 9.17) is 9.15 Å². The molecule has 0 aliphatic heterocycles. The van der Waals surface area contributed by atoms with Crippen molar-refractivity contribution in [3.05, 3.63) is 95.2 Å². The van der Waals surface area contributed by atoms with Crippen molar-refractivity contribution in [3.63, 3.8) is 0 Å². The molecular weight excluding hydrogens is 345 g/mol. The van der Waals surface area contributed by atoms with E-state index < -0.39 is 0 Å². The predicted octanol–water partition coefficient (Wildman–Crippen LogP) is 4.47. The molecule has 3 rings (SSSR count). The number of nitrogens with zero attached hydrogens (tertiary/aromatic N) is 1. The fraction of sp³-hybridized carbons (Fsp3) is 0.227. The number of rotatable bonds is 8. The average molecular weight is 367 g/mol. The standard InChI is InChI=1S/C22H22FNO3/c1-17-7-12-21(27-17)14-24(13-18-8-10-20(23)11-9-18)22(25)16-26-15-19-5-3-2-4-6-19/h2-12H,13-16H2,1H3. The van der Waals surface area contributed by atoms with Crippen molar-refractivity contribution in [2.24, 2.45) is 0 Å². The molecule has 0 unspecified atom stereocenters. The van der Waals surface area contributed by atoms with Crippen LogP contribution in [0.25, 0.3) is 0 Å². The minimum absolute atomic E-state index is 0.0320. The Balaban J connectivity index is 1.63. The van der Waals surface area contributed by atoms with Crippen LogP contribution in [0.5, 0.6) is 0 Å². The van der Waals surface area contributed by atoms with Crippen LogP contribution in [0.2, 0.25) is 0 Å². The lowest BCUT2D eigenvalue weighted by Gasteiger charge is -2.22. The van der Waals surface area contributed by atoms with Gasteiger partial charge in [0.25, 0.3) is 0 Å². The second-order valence-corrected chi connectivity index (χ2v) is 6.37. The second-order valence-electron chi connectivity index (χ2n) is 6.37. The molecular formula is C22H22FNO3. The highest BCUT2D eigenvalue weighted by Crippen LogP contribution is 2.14. The van der Waals surface area contributed by atoms with Crippen LogP contribution >= 0.6 is 0 Å². The van der Waals surface area contributed by atoms with Gasteiger partial charge in [-0.25, -0.2) is 4.39 Å². The molecule has 1 amide bonds. The van der Waals surface area contributed by atoms with Crippen molar-refractivity contribution in [1.82, 2.24) is 4.90 Å². The van der Waals surface area contributed by atoms with Crippen molar-refractivity contribution in [1.29, 1.82) is 0 Å². The Bertz CT molecular complexity index is 859. The summed E-state index contributed by atoms with van der Waals surface area (Å²) in [7, 11) is 0. The van der Waals surface area contributed by atoms with Gasteiger partial charge >= 0.3 is 0 Å². The Kier molecular flexibility index (Phi) is 6.39. The zero-order chi connectivity index (χ0) is 19.1. The van der Waals surface area contributed by atoms with Gasteiger partial charge in [0, 0.05) is 6.54 Å². The Morgan fingerprint density at radius 1 is 0.963 bits per heavy atom. The van der Waals surface area contributed by atoms with Gasteiger partial charge < -0.3 is 14.1 Å². The van der Waals surface area contributed by atoms with Crippen LogP contribution in [0.15, 0.2) is 71.1 Å². The van der Waals surface area contributed by atoms with Crippen molar-refractivity contribution < 1.29 is 18.3 Å². The summed E-state index contributed by atoms with van der Waals surface area (Å²) in [6.07, 6.45) is 0. The lowest BCUT2D eigenvalue weighted by atomic mass is 10.2. The van der Waals surface area contributed by atoms with Gasteiger partial charge in [-0.05, 0) is 42.3 Å². The number of hydrogen-bond acceptors (Lipinski definition) is 3. The van der Waals surface area contributed by atoms with E-state index in [1.165, 1.54) is 12.1 Å². The summed E-state index contributed by atoms with van der Waals surface area (Å²) in [4.78, 5) is 14.4. The zero-order valence-electron chi connectivity index (χ0n) is 15.2. The largest absolute Gasteiger partial charge is 0.464 e. The number of hydrogen-bond donors (Lipinski definition) is 0. The highest BCUT2D eigenvalue weighted by molar-refractivity contribution is 5.77. The summed E-state index contributed by atoms with van der Waals surface area (Å²) in [5, 5.41) is 0. The van der Waals surface area contributed by atoms with Gasteiger partial charge in [-0.2, -0.15) is 0 Å². The topological polar surface area (TPSA) is 42.7 Å². The maximum Gasteiger partial charge on any atom is 0.249 e. The molecule has 0 aliphatic carbocycles. The van der Waals surface area contributed by atoms with E-state index in [2.05, 4.69) is 0 Å². The number of furan rings is 1. The lowest BCUT2D eigenvalue weighted by Crippen LogP contribution is -2.33. The number of benzene rings is 2. The third-order valence-corrected chi connectivity index (χ3v) is 4.12. The van der Waals surface area contributed by atoms with Gasteiger partial charge in [0.1, 0.15) is 23.9 Å². The fourth-order valence-corrected chi connectivity index (χ4v) is 2.72. The molecule has 1 heterocycles. The highest BCUT2D eigenvalue weighted by atomic mass is 19.1. The summed E-state index contributed by atoms with van der Waals surface area (Å²) in [6, 6.07) is 19.5. The number of aryl methyl sites for hydroxylation is 1. The summed E-state index contributed by atoms with van der Waals surface area (Å²) in [5.74, 6) is 1.04. The van der Waals surface area contributed by atoms with E-state index in [1.54, 1.807) is 17.0 Å². The van der Waals surface area contributed by atoms with Gasteiger partial charge in [0.05, 0.1) is 13.2 Å². The van der Waals surface area contributed by atoms with Crippen molar-refractivity contribution in [2.75, 3.05) is 6.61 Å². The summed E-state index contributed by atoms with van der Waals surface area (Å²) in [5.41, 5.74) is 1.85. The summed E-state index contributed by atoms with van der Waals surface area (Å²) < 4.78 is 24.3. The van der Waals surface area contributed by atoms with Gasteiger partial charge in [-0.1, -0.05) is 42.5 Å². The number of amides is 1. The first-order valence-electron chi connectivity index (χ1n) is 8.79. The normalized spacial score (nSPS) is 10.7. The fourth-order valence-electron chi connectivity index (χ4n) is 2.72. The second kappa shape index (κ2) is 9.14. The van der Waals surface area contributed by atoms with E-state index in [-0.39, 0.29) is 18.3 Å². The number of ether oxygens (including phenoxy) is 1. The molecule has 0 saturated carbocycles. The molecule has 0 N–H and O–H groups in total. The summed E-state index contributed by atoms with van der Waals surface area (Å²) >= 11 is 0. The number of halogens is 1. The zero-order valence-corrected chi connectivity index (χ0v) is 15.2. The first kappa shape index (κ1) is 18.9. The molecule has 1 aromatic heterocycles. The Hall–Kier alpha value is -2.92. The smallest absolute Gasteiger partial charge is 0.249 e. The Labute approximate surface area is 158 Å². The van der Waals surface area contributed by atoms with E-state index in [1.807, 2.05) is 49.4 Å². The van der Waals surface area contributed by atoms with Gasteiger partial charge in [0.15, 0.2) is 0 Å². The minimum atomic E-state index is -0.301. The molecule has 140 valence electrons. The summed E-state index contributed by atoms with van der Waals surface area (Å²) in [6.45, 7) is 2.89. The van der Waals surface area contributed by atoms with Crippen LogP contribution in [0.3, 0.4) is 0 Å². The maximum absolute atomic E-state index is 13.1. The molecule has 2 aromatic carbocycles. The quantitative estimate of drug-likeness (QED) is 0.590. The average Bonchev–Trinajstić information content (AvgIpc) is 3.08. The molecule has 0 bridgehead atoms. The first-order chi connectivity index (χ1) is 13.1. The Morgan fingerprint density at radius 2 is 1.70 bits per heavy atom. The molecule has 4 nitrogen and oxygen atoms in total. The molecule has 0 fully saturated rings. The molecule has 0 atom stereocenters. The number of carbonyl (C=O) groups is 1. The monoisotopic (exact) mass is 367 g/mol. The molecule has 0 aliphatic rings. The van der Waals surface area contributed by atoms with Crippen LogP contribution in [0, 0.1) is 12.7 Å². The van der Waals surface area contributed by atoms with Crippen molar-refractivity contribution in [2.45, 2.75) is 26.6 Å². The predicted molar refractivity (Wildman–Crippen MR) is 100 cm³/mol. The SMILES string of the molecule is Cc1ccc(CN(Cc2ccc(F)cc2)C(=O)COCc2ccccc2)o1. The van der Waals surface area contributed by atoms with Crippen LogP contribution in [-0.4, -0.2) is 17.4 Å². The van der Waals surface area contributed by atoms with E-state index >= 15 is 0 Å². The van der Waals surface area contributed by atoms with E-state index in [9.17, 15) is 9.18 Å². The van der Waals surface area contributed by atoms with Crippen LogP contribution in [0.4, 0.5) is 4.39 Å². The third-order valence-electron chi connectivity index (χ3n) is 4.12. The Morgan fingerprint density at radius 3 is 2.37 bits per heavy atom. The minimum Gasteiger partial charge on any atom is -0.464 e. The highest BCUT2D eigenvalue weighted by Gasteiger charge is 2.17. The molecule has 0 saturated heterocycles. The lowest BCUT2D eigenvalue weighted by molar-refractivity contribution is -0.138. The van der Waals surface area contributed by atoms with Gasteiger partial charge in [0.2, 0.25) is 5.91 Å². The van der Waals surface area contributed by atoms with Gasteiger partial charge in [-0.15, -0.1) is 0 Å². The van der Waals surface area contributed by atoms with Crippen molar-refractivity contribution in [3.8, 4) is 0 Å². The molecule has 0 spiro atoms. The molecule has 3 aromatic rings. The molecule has 5 heteroatoms. The van der Waals surface area contributed by atoms with E-state index in [0.29, 0.717) is 25.5 Å². The van der Waals surface area contributed by atoms with Crippen molar-refractivity contribution >= 4 is 5.91 Å². The van der Waals surface area contributed by atoms with Crippen LogP contribution < -0.4 is 0 Å². The van der Waals surface area contributed by atoms with Crippen LogP contribution in [-0.2, 0) is 29.2 Å². The third kappa shape index (κ3) is 5.79. The molecule has 27 heavy (non-hydrogen) atoms. The molecule has 0 radical (unpaired) electrons. The maximum atomic E-state index is 13.1. The van der Waals surface area contributed by atoms with Crippen LogP contribution in [0.1, 0.15) is 22.6 Å². The first-order valence-corrected chi connectivity index (χ1v) is 8.79. The van der Waals surface area contributed by atoms with Gasteiger partial charge in [-0.3, -0.25) is 4.79 Å².